The molecule has 8 heteroatoms. The standard InChI is InChI=1S/C13H15BrF3NO2S/c1-12(2,11(18)21)5-6-19-8-3-4-10(9(14)7-8)20-13(15,16)17/h3-4,7H,5-6H2,1-2H3,(H2,18,21). The van der Waals surface area contributed by atoms with Crippen molar-refractivity contribution in [3.05, 3.63) is 22.7 Å². The minimum atomic E-state index is -4.73. The van der Waals surface area contributed by atoms with E-state index in [1.807, 2.05) is 13.8 Å². The molecule has 118 valence electrons. The van der Waals surface area contributed by atoms with Crippen LogP contribution in [-0.2, 0) is 0 Å². The molecule has 0 bridgehead atoms. The van der Waals surface area contributed by atoms with Crippen LogP contribution in [0.15, 0.2) is 22.7 Å². The number of alkyl halides is 3. The van der Waals surface area contributed by atoms with Crippen molar-refractivity contribution in [2.24, 2.45) is 11.1 Å². The molecule has 0 spiro atoms. The van der Waals surface area contributed by atoms with Gasteiger partial charge in [0, 0.05) is 5.41 Å². The Morgan fingerprint density at radius 2 is 1.95 bits per heavy atom. The molecule has 1 aromatic rings. The summed E-state index contributed by atoms with van der Waals surface area (Å²) in [5.74, 6) is 0.105. The van der Waals surface area contributed by atoms with Gasteiger partial charge < -0.3 is 15.2 Å². The predicted molar refractivity (Wildman–Crippen MR) is 81.5 cm³/mol. The Morgan fingerprint density at radius 1 is 1.33 bits per heavy atom. The summed E-state index contributed by atoms with van der Waals surface area (Å²) >= 11 is 7.95. The highest BCUT2D eigenvalue weighted by Gasteiger charge is 2.32. The molecule has 0 saturated heterocycles. The van der Waals surface area contributed by atoms with Crippen LogP contribution in [0.25, 0.3) is 0 Å². The van der Waals surface area contributed by atoms with E-state index in [4.69, 9.17) is 22.7 Å². The molecule has 0 unspecified atom stereocenters. The number of halogens is 4. The minimum Gasteiger partial charge on any atom is -0.494 e. The molecule has 0 radical (unpaired) electrons. The zero-order chi connectivity index (χ0) is 16.3. The van der Waals surface area contributed by atoms with Crippen LogP contribution in [0.2, 0.25) is 0 Å². The summed E-state index contributed by atoms with van der Waals surface area (Å²) in [6.07, 6.45) is -4.13. The monoisotopic (exact) mass is 385 g/mol. The van der Waals surface area contributed by atoms with Gasteiger partial charge in [0.25, 0.3) is 0 Å². The van der Waals surface area contributed by atoms with E-state index in [1.54, 1.807) is 0 Å². The maximum absolute atomic E-state index is 12.1. The summed E-state index contributed by atoms with van der Waals surface area (Å²) in [4.78, 5) is 0.390. The van der Waals surface area contributed by atoms with E-state index in [2.05, 4.69) is 20.7 Å². The lowest BCUT2D eigenvalue weighted by Crippen LogP contribution is -2.31. The van der Waals surface area contributed by atoms with Gasteiger partial charge in [0.1, 0.15) is 11.5 Å². The fourth-order valence-electron chi connectivity index (χ4n) is 1.33. The first-order valence-corrected chi connectivity index (χ1v) is 7.19. The molecule has 0 aliphatic heterocycles. The highest BCUT2D eigenvalue weighted by molar-refractivity contribution is 9.10. The Labute approximate surface area is 134 Å². The first-order chi connectivity index (χ1) is 9.51. The van der Waals surface area contributed by atoms with Gasteiger partial charge in [0.05, 0.1) is 16.1 Å². The first kappa shape index (κ1) is 18.0. The van der Waals surface area contributed by atoms with E-state index in [1.165, 1.54) is 18.2 Å². The number of ether oxygens (including phenoxy) is 2. The summed E-state index contributed by atoms with van der Waals surface area (Å²) < 4.78 is 45.9. The second-order valence-electron chi connectivity index (χ2n) is 4.99. The van der Waals surface area contributed by atoms with E-state index < -0.39 is 6.36 Å². The third kappa shape index (κ3) is 6.09. The highest BCUT2D eigenvalue weighted by Crippen LogP contribution is 2.33. The lowest BCUT2D eigenvalue weighted by Gasteiger charge is -2.22. The van der Waals surface area contributed by atoms with Crippen molar-refractivity contribution in [2.45, 2.75) is 26.6 Å². The van der Waals surface area contributed by atoms with Gasteiger partial charge in [-0.1, -0.05) is 26.1 Å². The SMILES string of the molecule is CC(C)(CCOc1ccc(OC(F)(F)F)c(Br)c1)C(N)=S. The van der Waals surface area contributed by atoms with Gasteiger partial charge in [0.2, 0.25) is 0 Å². The average molecular weight is 386 g/mol. The molecule has 21 heavy (non-hydrogen) atoms. The summed E-state index contributed by atoms with van der Waals surface area (Å²) in [7, 11) is 0. The molecule has 0 aliphatic carbocycles. The van der Waals surface area contributed by atoms with Gasteiger partial charge in [-0.05, 0) is 40.5 Å². The third-order valence-electron chi connectivity index (χ3n) is 2.79. The van der Waals surface area contributed by atoms with Gasteiger partial charge in [-0.2, -0.15) is 0 Å². The van der Waals surface area contributed by atoms with Crippen LogP contribution in [0.4, 0.5) is 13.2 Å². The summed E-state index contributed by atoms with van der Waals surface area (Å²) in [5, 5.41) is 0. The molecule has 1 aromatic carbocycles. The minimum absolute atomic E-state index is 0.158. The molecule has 0 atom stereocenters. The van der Waals surface area contributed by atoms with Crippen LogP contribution in [0.1, 0.15) is 20.3 Å². The molecule has 0 saturated carbocycles. The van der Waals surface area contributed by atoms with Crippen molar-refractivity contribution in [2.75, 3.05) is 6.61 Å². The fraction of sp³-hybridized carbons (Fsp3) is 0.462. The van der Waals surface area contributed by atoms with Crippen LogP contribution < -0.4 is 15.2 Å². The fourth-order valence-corrected chi connectivity index (χ4v) is 1.87. The maximum atomic E-state index is 12.1. The number of nitrogens with two attached hydrogens (primary N) is 1. The van der Waals surface area contributed by atoms with Crippen LogP contribution in [0.5, 0.6) is 11.5 Å². The molecule has 0 fully saturated rings. The van der Waals surface area contributed by atoms with Crippen molar-refractivity contribution in [1.29, 1.82) is 0 Å². The number of hydrogen-bond donors (Lipinski definition) is 1. The van der Waals surface area contributed by atoms with Crippen molar-refractivity contribution in [1.82, 2.24) is 0 Å². The molecule has 1 rings (SSSR count). The smallest absolute Gasteiger partial charge is 0.494 e. The number of thiocarbonyl (C=S) groups is 1. The van der Waals surface area contributed by atoms with Crippen molar-refractivity contribution in [3.63, 3.8) is 0 Å². The van der Waals surface area contributed by atoms with Gasteiger partial charge in [-0.3, -0.25) is 0 Å². The Kier molecular flexibility index (Phi) is 5.86. The number of hydrogen-bond acceptors (Lipinski definition) is 3. The van der Waals surface area contributed by atoms with Crippen LogP contribution in [0.3, 0.4) is 0 Å². The third-order valence-corrected chi connectivity index (χ3v) is 3.96. The van der Waals surface area contributed by atoms with Crippen LogP contribution in [-0.4, -0.2) is 18.0 Å². The Balaban J connectivity index is 2.63. The topological polar surface area (TPSA) is 44.5 Å². The summed E-state index contributed by atoms with van der Waals surface area (Å²) in [5.41, 5.74) is 5.26. The van der Waals surface area contributed by atoms with Crippen LogP contribution >= 0.6 is 28.1 Å². The number of benzene rings is 1. The lowest BCUT2D eigenvalue weighted by molar-refractivity contribution is -0.274. The van der Waals surface area contributed by atoms with E-state index >= 15 is 0 Å². The summed E-state index contributed by atoms with van der Waals surface area (Å²) in [6, 6.07) is 4.00. The molecular formula is C13H15BrF3NO2S. The Morgan fingerprint density at radius 3 is 2.43 bits per heavy atom. The van der Waals surface area contributed by atoms with Gasteiger partial charge in [-0.25, -0.2) is 0 Å². The van der Waals surface area contributed by atoms with Gasteiger partial charge >= 0.3 is 6.36 Å². The van der Waals surface area contributed by atoms with E-state index in [-0.39, 0.29) is 15.6 Å². The zero-order valence-corrected chi connectivity index (χ0v) is 13.9. The number of rotatable bonds is 6. The quantitative estimate of drug-likeness (QED) is 0.735. The maximum Gasteiger partial charge on any atom is 0.573 e. The second-order valence-corrected chi connectivity index (χ2v) is 6.28. The normalized spacial score (nSPS) is 12.1. The summed E-state index contributed by atoms with van der Waals surface area (Å²) in [6.45, 7) is 4.14. The second kappa shape index (κ2) is 6.83. The van der Waals surface area contributed by atoms with Crippen LogP contribution in [0, 0.1) is 5.41 Å². The molecule has 2 N–H and O–H groups in total. The molecule has 0 aliphatic rings. The molecule has 3 nitrogen and oxygen atoms in total. The average Bonchev–Trinajstić information content (AvgIpc) is 2.30. The van der Waals surface area contributed by atoms with E-state index in [0.717, 1.165) is 0 Å². The molecular weight excluding hydrogens is 371 g/mol. The van der Waals surface area contributed by atoms with E-state index in [9.17, 15) is 13.2 Å². The van der Waals surface area contributed by atoms with Crippen molar-refractivity contribution >= 4 is 33.1 Å². The highest BCUT2D eigenvalue weighted by atomic mass is 79.9. The Hall–Kier alpha value is -1.02. The first-order valence-electron chi connectivity index (χ1n) is 5.99. The zero-order valence-electron chi connectivity index (χ0n) is 11.5. The Bertz CT molecular complexity index is 521. The van der Waals surface area contributed by atoms with Gasteiger partial charge in [-0.15, -0.1) is 13.2 Å². The molecule has 0 heterocycles. The largest absolute Gasteiger partial charge is 0.573 e. The van der Waals surface area contributed by atoms with Crippen molar-refractivity contribution < 1.29 is 22.6 Å². The molecule has 0 aromatic heterocycles. The molecule has 0 amide bonds. The van der Waals surface area contributed by atoms with Crippen molar-refractivity contribution in [3.8, 4) is 11.5 Å². The predicted octanol–water partition coefficient (Wildman–Crippen LogP) is 4.43. The lowest BCUT2D eigenvalue weighted by atomic mass is 9.90. The van der Waals surface area contributed by atoms with Gasteiger partial charge in [0.15, 0.2) is 0 Å². The van der Waals surface area contributed by atoms with E-state index in [0.29, 0.717) is 23.8 Å².